The number of Topliss-reactive ketones (excluding diaryl/α,β-unsaturated/α-hetero) is 1. The van der Waals surface area contributed by atoms with Gasteiger partial charge in [0.05, 0.1) is 47.4 Å². The van der Waals surface area contributed by atoms with Crippen LogP contribution in [0.25, 0.3) is 0 Å². The molecule has 6 saturated carbocycles. The van der Waals surface area contributed by atoms with E-state index in [4.69, 9.17) is 39.5 Å². The second-order valence-corrected chi connectivity index (χ2v) is 41.8. The molecule has 0 bridgehead atoms. The number of nitrogens with two attached hydrogens (primary N) is 1. The van der Waals surface area contributed by atoms with Gasteiger partial charge in [0.2, 0.25) is 0 Å². The molecule has 0 radical (unpaired) electrons. The van der Waals surface area contributed by atoms with Crippen molar-refractivity contribution in [3.63, 3.8) is 0 Å². The molecule has 3 spiro atoms. The highest BCUT2D eigenvalue weighted by Gasteiger charge is 2.58. The SMILES string of the molecule is C.C.C.C.CC(=O)OCc1ccccc1.CI.CN1C(=O)N(c2ccc(O)cc2)C2(CCCCC2)C1=O.COc1ccc(N)cc1.COc1ccc(N2C(=O)N(C)C(=O)C23CCCCC3)cc1.COc1ccc(N2C(=O)NC(=O)C23CCCCC3)cc1.COc1ccc(NC2(C#N)CCCCC2)cc1.CS(=O)(=O)OCC1CCC1.C[Si](C)(C)C#N.O=C1CCCCC1.O=C=NS(=O)(=O)Cl. The number of benzene rings is 6. The van der Waals surface area contributed by atoms with Gasteiger partial charge in [-0.1, -0.05) is 197 Å². The predicted molar refractivity (Wildman–Crippen MR) is 541 cm³/mol. The summed E-state index contributed by atoms with van der Waals surface area (Å²) in [6, 6.07) is 47.3. The molecule has 6 aromatic rings. The van der Waals surface area contributed by atoms with E-state index in [1.165, 1.54) is 36.0 Å². The lowest BCUT2D eigenvalue weighted by molar-refractivity contribution is -0.142. The number of urea groups is 3. The Morgan fingerprint density at radius 3 is 1.23 bits per heavy atom. The van der Waals surface area contributed by atoms with Gasteiger partial charge in [-0.3, -0.25) is 58.0 Å². The molecular weight excluding hydrogens is 1910 g/mol. The van der Waals surface area contributed by atoms with Gasteiger partial charge in [-0.25, -0.2) is 24.4 Å². The molecule has 9 aliphatic rings. The van der Waals surface area contributed by atoms with Gasteiger partial charge in [-0.15, -0.1) is 0 Å². The minimum atomic E-state index is -4.00. The summed E-state index contributed by atoms with van der Waals surface area (Å²) in [7, 11) is 5.46. The van der Waals surface area contributed by atoms with E-state index in [2.05, 4.69) is 64.2 Å². The van der Waals surface area contributed by atoms with Gasteiger partial charge in [-0.05, 0) is 215 Å². The number of carbonyl (C=O) groups is 8. The van der Waals surface area contributed by atoms with Crippen LogP contribution in [0.2, 0.25) is 19.6 Å². The van der Waals surface area contributed by atoms with Gasteiger partial charge in [0.15, 0.2) is 8.07 Å². The Morgan fingerprint density at radius 1 is 0.552 bits per heavy atom. The maximum atomic E-state index is 12.6. The van der Waals surface area contributed by atoms with Gasteiger partial charge in [0, 0.05) is 78.7 Å². The van der Waals surface area contributed by atoms with Crippen molar-refractivity contribution in [2.75, 3.05) is 86.1 Å². The highest BCUT2D eigenvalue weighted by atomic mass is 127. The molecule has 6 aliphatic carbocycles. The number of ether oxygens (including phenoxy) is 5. The molecule has 0 atom stereocenters. The Balaban J connectivity index is 0.000000760. The van der Waals surface area contributed by atoms with Crippen LogP contribution in [0, 0.1) is 28.2 Å². The Morgan fingerprint density at radius 2 is 0.910 bits per heavy atom. The van der Waals surface area contributed by atoms with Crippen molar-refractivity contribution < 1.29 is 93.0 Å². The molecule has 0 unspecified atom stereocenters. The van der Waals surface area contributed by atoms with E-state index in [-0.39, 0.29) is 82.8 Å². The molecule has 9 fully saturated rings. The van der Waals surface area contributed by atoms with Crippen molar-refractivity contribution in [1.82, 2.24) is 15.1 Å². The second kappa shape index (κ2) is 59.9. The number of methoxy groups -OCH3 is 4. The molecule has 6 aromatic carbocycles. The summed E-state index contributed by atoms with van der Waals surface area (Å²) in [4.78, 5) is 114. The lowest BCUT2D eigenvalue weighted by atomic mass is 9.80. The number of esters is 1. The van der Waals surface area contributed by atoms with Crippen molar-refractivity contribution in [3.05, 3.63) is 157 Å². The van der Waals surface area contributed by atoms with Crippen LogP contribution in [-0.2, 0) is 63.6 Å². The third kappa shape index (κ3) is 37.9. The molecule has 31 nitrogen and oxygen atoms in total. The fourth-order valence-electron chi connectivity index (χ4n) is 15.7. The number of hydrogen-bond acceptors (Lipinski definition) is 24. The minimum absolute atomic E-state index is 0. The number of isocyanates is 1. The molecule has 3 saturated heterocycles. The van der Waals surface area contributed by atoms with Crippen molar-refractivity contribution in [1.29, 1.82) is 10.5 Å². The summed E-state index contributed by atoms with van der Waals surface area (Å²) in [6.07, 6.45) is 29.5. The molecule has 134 heavy (non-hydrogen) atoms. The zero-order chi connectivity index (χ0) is 96.3. The number of imide groups is 3. The van der Waals surface area contributed by atoms with E-state index in [0.29, 0.717) is 43.4 Å². The Hall–Kier alpha value is -10.7. The normalized spacial score (nSPS) is 17.1. The van der Waals surface area contributed by atoms with Crippen molar-refractivity contribution >= 4 is 143 Å². The molecular formula is C98H143ClIN11O20S2Si. The molecule has 740 valence electrons. The van der Waals surface area contributed by atoms with Gasteiger partial charge >= 0.3 is 33.3 Å². The van der Waals surface area contributed by atoms with Crippen LogP contribution >= 0.6 is 33.3 Å². The Labute approximate surface area is 814 Å². The summed E-state index contributed by atoms with van der Waals surface area (Å²) >= 11 is 2.15. The maximum Gasteiger partial charge on any atom is 0.350 e. The molecule has 3 aliphatic heterocycles. The summed E-state index contributed by atoms with van der Waals surface area (Å²) in [5, 5.41) is 32.8. The lowest BCUT2D eigenvalue weighted by Crippen LogP contribution is -2.51. The Bertz CT molecular complexity index is 4970. The highest BCUT2D eigenvalue weighted by Crippen LogP contribution is 2.46. The van der Waals surface area contributed by atoms with E-state index in [1.807, 2.05) is 140 Å². The van der Waals surface area contributed by atoms with E-state index in [1.54, 1.807) is 93.6 Å². The first-order valence-electron chi connectivity index (χ1n) is 43.4. The molecule has 15 rings (SSSR count). The fraction of sp³-hybridized carbons (Fsp3) is 0.520. The van der Waals surface area contributed by atoms with Crippen molar-refractivity contribution in [2.45, 2.75) is 265 Å². The number of nitriles is 2. The number of alkyl halides is 1. The highest BCUT2D eigenvalue weighted by molar-refractivity contribution is 14.1. The number of rotatable bonds is 15. The second-order valence-electron chi connectivity index (χ2n) is 33.2. The largest absolute Gasteiger partial charge is 0.508 e. The third-order valence-corrected chi connectivity index (χ3v) is 24.5. The Kier molecular flexibility index (Phi) is 54.3. The quantitative estimate of drug-likeness (QED) is 0.00708. The van der Waals surface area contributed by atoms with Crippen molar-refractivity contribution in [2.24, 2.45) is 10.3 Å². The van der Waals surface area contributed by atoms with Crippen LogP contribution in [0.4, 0.5) is 42.8 Å². The number of nitrogen functional groups attached to an aromatic ring is 1. The average molecular weight is 2050 g/mol. The number of ketones is 1. The topological polar surface area (TPSA) is 424 Å². The summed E-state index contributed by atoms with van der Waals surface area (Å²) in [5.41, 5.74) is 10.2. The molecule has 36 heteroatoms. The first kappa shape index (κ1) is 121. The summed E-state index contributed by atoms with van der Waals surface area (Å²) in [6.45, 7) is 8.23. The molecule has 5 N–H and O–H groups in total. The predicted octanol–water partition coefficient (Wildman–Crippen LogP) is 21.2. The number of phenolic OH excluding ortho intramolecular Hbond substituents is 1. The first-order chi connectivity index (χ1) is 61.8. The van der Waals surface area contributed by atoms with Gasteiger partial charge in [0.25, 0.3) is 33.9 Å². The van der Waals surface area contributed by atoms with E-state index in [9.17, 15) is 65.6 Å². The van der Waals surface area contributed by atoms with Crippen LogP contribution in [0.5, 0.6) is 28.7 Å². The smallest absolute Gasteiger partial charge is 0.350 e. The number of nitrogens with one attached hydrogen (secondary N) is 2. The standard InChI is InChI=1S/C16H20N2O3.2C15H18N2O3.C14H18N2O.C9H10O2.C7H9NO.C6H12O3S.C6H10O.C4H9NSi.CClNO3S.CH3I.4CH4/c1-17-14(19)16(10-4-3-5-11-16)18(15(17)20)12-6-8-13(21-2)9-7-12;1-20-12-7-5-11(6-8-12)17-14(19)16-13(18)15(17)9-3-2-4-10-15;1-16-13(19)15(9-3-2-4-10-15)17(14(16)20)11-5-7-12(18)8-6-11;1-17-13-7-5-12(6-8-13)16-14(11-15)9-3-2-4-10-14;1-8(10)11-7-9-5-3-2-4-6-9;1-9-7-4-2-6(8)3-5-7;1-10(7,8)9-5-6-3-2-4-6;7-6-4-2-1-3-5-6;1-6(2,3)4-5;2-7(5,6)3-1-4;1-2;;;;/h6-9H,3-5,10-11H2,1-2H3;5-8H,2-4,9-10H2,1H3,(H,16,18,19);5-8,18H,2-4,9-10H2,1H3;5-8,16H,2-4,9-10H2,1H3;2-6H,7H2,1H3;2-5H,8H2,1H3;6H,2-5H2,1H3;1-5H2;1-3H3;;1H3;4*1H4. The van der Waals surface area contributed by atoms with Crippen LogP contribution in [-0.4, -0.2) is 176 Å². The zero-order valence-electron chi connectivity index (χ0n) is 76.7. The summed E-state index contributed by atoms with van der Waals surface area (Å²) in [5.74, 6) is 3.69. The summed E-state index contributed by atoms with van der Waals surface area (Å²) < 4.78 is 71.9. The number of nitrogens with zero attached hydrogens (tertiary/aromatic N) is 8. The lowest BCUT2D eigenvalue weighted by Gasteiger charge is -2.38. The molecule has 9 amide bonds. The number of aromatic hydroxyl groups is 1. The van der Waals surface area contributed by atoms with Crippen LogP contribution < -0.4 is 50.0 Å². The van der Waals surface area contributed by atoms with E-state index >= 15 is 0 Å². The van der Waals surface area contributed by atoms with Gasteiger partial charge in [-0.2, -0.15) is 22.1 Å². The van der Waals surface area contributed by atoms with Gasteiger partial charge in [0.1, 0.15) is 63.3 Å². The van der Waals surface area contributed by atoms with E-state index < -0.39 is 44.0 Å². The number of amides is 9. The zero-order valence-corrected chi connectivity index (χ0v) is 82.2. The van der Waals surface area contributed by atoms with Crippen molar-refractivity contribution in [3.8, 4) is 40.5 Å². The number of halogens is 2. The van der Waals surface area contributed by atoms with E-state index in [0.717, 1.165) is 211 Å². The number of carbonyl (C=O) groups excluding carboxylic acids is 9. The maximum absolute atomic E-state index is 12.6. The average Bonchev–Trinajstić information content (AvgIpc) is 1.59. The molecule has 0 aromatic heterocycles. The number of likely N-dealkylation sites (N-methyl/N-ethyl adjacent to an activating group) is 2. The number of hydrogen-bond donors (Lipinski definition) is 4. The van der Waals surface area contributed by atoms with Crippen LogP contribution in [0.3, 0.4) is 0 Å². The third-order valence-electron chi connectivity index (χ3n) is 22.7. The van der Waals surface area contributed by atoms with Crippen LogP contribution in [0.1, 0.15) is 222 Å². The minimum Gasteiger partial charge on any atom is -0.508 e. The monoisotopic (exact) mass is 2050 g/mol. The number of phenols is 1. The van der Waals surface area contributed by atoms with Crippen LogP contribution in [0.15, 0.2) is 156 Å². The molecule has 3 heterocycles. The number of anilines is 5. The fourth-order valence-corrected chi connectivity index (χ4v) is 16.3. The van der Waals surface area contributed by atoms with Gasteiger partial charge < -0.3 is 39.8 Å². The first-order valence-corrected chi connectivity index (χ1v) is 53.1.